The summed E-state index contributed by atoms with van der Waals surface area (Å²) >= 11 is 0. The maximum atomic E-state index is 12.4. The highest BCUT2D eigenvalue weighted by Crippen LogP contribution is 2.19. The highest BCUT2D eigenvalue weighted by Gasteiger charge is 2.35. The predicted molar refractivity (Wildman–Crippen MR) is 91.6 cm³/mol. The number of sulfonamides is 1. The van der Waals surface area contributed by atoms with E-state index < -0.39 is 10.0 Å². The molecule has 1 aliphatic rings. The second-order valence-electron chi connectivity index (χ2n) is 5.79. The number of nitrogens with zero attached hydrogens (tertiary/aromatic N) is 1. The summed E-state index contributed by atoms with van der Waals surface area (Å²) in [6.07, 6.45) is 0. The number of hydrogen-bond donors (Lipinski definition) is 0. The molecular formula is C18H21NO4S. The summed E-state index contributed by atoms with van der Waals surface area (Å²) in [4.78, 5) is 0. The molecule has 0 spiro atoms. The molecule has 0 unspecified atom stereocenters. The molecule has 24 heavy (non-hydrogen) atoms. The van der Waals surface area contributed by atoms with Gasteiger partial charge in [0.25, 0.3) is 0 Å². The third kappa shape index (κ3) is 4.42. The van der Waals surface area contributed by atoms with Crippen LogP contribution in [0.25, 0.3) is 0 Å². The summed E-state index contributed by atoms with van der Waals surface area (Å²) in [6.45, 7) is 1.45. The Morgan fingerprint density at radius 1 is 1.00 bits per heavy atom. The highest BCUT2D eigenvalue weighted by molar-refractivity contribution is 7.88. The molecule has 0 saturated carbocycles. The lowest BCUT2D eigenvalue weighted by Gasteiger charge is -2.34. The second-order valence-corrected chi connectivity index (χ2v) is 7.65. The van der Waals surface area contributed by atoms with Crippen molar-refractivity contribution in [2.45, 2.75) is 19.2 Å². The van der Waals surface area contributed by atoms with Gasteiger partial charge in [-0.1, -0.05) is 60.7 Å². The molecule has 6 heteroatoms. The first-order valence-electron chi connectivity index (χ1n) is 7.88. The zero-order valence-electron chi connectivity index (χ0n) is 13.4. The average molecular weight is 347 g/mol. The van der Waals surface area contributed by atoms with Crippen LogP contribution in [0.1, 0.15) is 11.1 Å². The van der Waals surface area contributed by atoms with Crippen molar-refractivity contribution in [3.63, 3.8) is 0 Å². The maximum Gasteiger partial charge on any atom is 0.239 e. The third-order valence-corrected chi connectivity index (χ3v) is 5.52. The maximum absolute atomic E-state index is 12.4. The Balaban J connectivity index is 1.65. The van der Waals surface area contributed by atoms with Crippen molar-refractivity contribution in [3.8, 4) is 0 Å². The third-order valence-electron chi connectivity index (χ3n) is 3.91. The van der Waals surface area contributed by atoms with Crippen molar-refractivity contribution in [2.24, 2.45) is 0 Å². The molecule has 2 aromatic carbocycles. The lowest BCUT2D eigenvalue weighted by atomic mass is 10.2. The molecule has 1 aliphatic heterocycles. The molecule has 0 aliphatic carbocycles. The average Bonchev–Trinajstić information content (AvgIpc) is 2.59. The van der Waals surface area contributed by atoms with Crippen LogP contribution in [0, 0.1) is 0 Å². The van der Waals surface area contributed by atoms with Gasteiger partial charge in [-0.3, -0.25) is 0 Å². The van der Waals surface area contributed by atoms with Gasteiger partial charge in [0.05, 0.1) is 25.9 Å². The Morgan fingerprint density at radius 2 is 1.62 bits per heavy atom. The van der Waals surface area contributed by atoms with Gasteiger partial charge >= 0.3 is 0 Å². The fourth-order valence-electron chi connectivity index (χ4n) is 2.68. The quantitative estimate of drug-likeness (QED) is 0.805. The first-order valence-corrected chi connectivity index (χ1v) is 9.49. The van der Waals surface area contributed by atoms with E-state index >= 15 is 0 Å². The van der Waals surface area contributed by atoms with E-state index in [1.54, 1.807) is 0 Å². The van der Waals surface area contributed by atoms with Gasteiger partial charge < -0.3 is 9.47 Å². The van der Waals surface area contributed by atoms with Crippen LogP contribution in [0.3, 0.4) is 0 Å². The van der Waals surface area contributed by atoms with E-state index in [0.29, 0.717) is 26.4 Å². The van der Waals surface area contributed by atoms with Gasteiger partial charge in [0, 0.05) is 6.54 Å². The molecule has 128 valence electrons. The number of rotatable bonds is 6. The van der Waals surface area contributed by atoms with Crippen LogP contribution in [-0.2, 0) is 32.6 Å². The molecule has 1 saturated heterocycles. The lowest BCUT2D eigenvalue weighted by molar-refractivity contribution is 0.0178. The van der Waals surface area contributed by atoms with Crippen molar-refractivity contribution < 1.29 is 17.9 Å². The molecule has 1 atom stereocenters. The van der Waals surface area contributed by atoms with Crippen molar-refractivity contribution in [1.82, 2.24) is 4.31 Å². The molecule has 1 heterocycles. The van der Waals surface area contributed by atoms with Crippen LogP contribution in [0.4, 0.5) is 0 Å². The number of ether oxygens (including phenoxy) is 2. The Morgan fingerprint density at radius 3 is 2.29 bits per heavy atom. The Bertz CT molecular complexity index is 734. The fraction of sp³-hybridized carbons (Fsp3) is 0.333. The van der Waals surface area contributed by atoms with Gasteiger partial charge in [-0.05, 0) is 11.1 Å². The van der Waals surface area contributed by atoms with Crippen LogP contribution < -0.4 is 0 Å². The highest BCUT2D eigenvalue weighted by atomic mass is 32.2. The monoisotopic (exact) mass is 347 g/mol. The van der Waals surface area contributed by atoms with Gasteiger partial charge in [-0.15, -0.1) is 0 Å². The molecule has 0 radical (unpaired) electrons. The summed E-state index contributed by atoms with van der Waals surface area (Å²) in [5.41, 5.74) is 2.02. The molecule has 5 nitrogen and oxygen atoms in total. The van der Waals surface area contributed by atoms with E-state index in [0.717, 1.165) is 11.1 Å². The van der Waals surface area contributed by atoms with Crippen molar-refractivity contribution >= 4 is 10.0 Å². The Labute approximate surface area is 142 Å². The van der Waals surface area contributed by atoms with E-state index in [2.05, 4.69) is 0 Å². The first kappa shape index (κ1) is 17.1. The Kier molecular flexibility index (Phi) is 5.63. The summed E-state index contributed by atoms with van der Waals surface area (Å²) in [7, 11) is -3.43. The topological polar surface area (TPSA) is 55.8 Å². The van der Waals surface area contributed by atoms with Crippen LogP contribution in [0.5, 0.6) is 0 Å². The minimum atomic E-state index is -3.43. The number of hydrogen-bond acceptors (Lipinski definition) is 4. The van der Waals surface area contributed by atoms with Crippen LogP contribution >= 0.6 is 0 Å². The second kappa shape index (κ2) is 7.90. The van der Waals surface area contributed by atoms with Gasteiger partial charge in [-0.25, -0.2) is 8.42 Å². The normalized spacial score (nSPS) is 20.8. The summed E-state index contributed by atoms with van der Waals surface area (Å²) in [6, 6.07) is 19.1. The van der Waals surface area contributed by atoms with Gasteiger partial charge in [0.2, 0.25) is 10.0 Å². The zero-order valence-corrected chi connectivity index (χ0v) is 14.2. The van der Waals surface area contributed by atoms with Crippen LogP contribution in [0.15, 0.2) is 60.7 Å². The standard InChI is InChI=1S/C18H21NO4S/c20-24(21)15-23-14-18(13-22-12-17-9-5-2-6-10-17)19(24)11-16-7-3-1-4-8-16/h1-10,18H,11-15H2/t18-/m1/s1. The molecule has 0 bridgehead atoms. The van der Waals surface area contributed by atoms with E-state index in [1.165, 1.54) is 4.31 Å². The van der Waals surface area contributed by atoms with Gasteiger partial charge in [-0.2, -0.15) is 4.31 Å². The molecular weight excluding hydrogens is 326 g/mol. The van der Waals surface area contributed by atoms with Gasteiger partial charge in [0.1, 0.15) is 0 Å². The molecule has 3 rings (SSSR count). The van der Waals surface area contributed by atoms with E-state index in [9.17, 15) is 8.42 Å². The molecule has 0 amide bonds. The molecule has 1 fully saturated rings. The summed E-state index contributed by atoms with van der Waals surface area (Å²) in [5, 5.41) is 0. The molecule has 2 aromatic rings. The van der Waals surface area contributed by atoms with Crippen molar-refractivity contribution in [3.05, 3.63) is 71.8 Å². The SMILES string of the molecule is O=S1(=O)COC[C@@H](COCc2ccccc2)N1Cc1ccccc1. The molecule has 0 N–H and O–H groups in total. The fourth-order valence-corrected chi connectivity index (χ4v) is 4.04. The summed E-state index contributed by atoms with van der Waals surface area (Å²) in [5.74, 6) is -0.269. The summed E-state index contributed by atoms with van der Waals surface area (Å²) < 4.78 is 37.2. The van der Waals surface area contributed by atoms with E-state index in [-0.39, 0.29) is 12.0 Å². The van der Waals surface area contributed by atoms with Crippen LogP contribution in [0.2, 0.25) is 0 Å². The largest absolute Gasteiger partial charge is 0.375 e. The van der Waals surface area contributed by atoms with Crippen LogP contribution in [-0.4, -0.2) is 37.9 Å². The van der Waals surface area contributed by atoms with E-state index in [4.69, 9.17) is 9.47 Å². The smallest absolute Gasteiger partial charge is 0.239 e. The van der Waals surface area contributed by atoms with Crippen molar-refractivity contribution in [1.29, 1.82) is 0 Å². The Hall–Kier alpha value is -1.73. The van der Waals surface area contributed by atoms with E-state index in [1.807, 2.05) is 60.7 Å². The minimum Gasteiger partial charge on any atom is -0.375 e. The zero-order chi connectivity index (χ0) is 16.8. The first-order chi connectivity index (χ1) is 11.6. The van der Waals surface area contributed by atoms with Gasteiger partial charge in [0.15, 0.2) is 5.94 Å². The number of benzene rings is 2. The molecule has 0 aromatic heterocycles. The van der Waals surface area contributed by atoms with Crippen molar-refractivity contribution in [2.75, 3.05) is 19.2 Å². The minimum absolute atomic E-state index is 0.269. The lowest BCUT2D eigenvalue weighted by Crippen LogP contribution is -2.50. The predicted octanol–water partition coefficient (Wildman–Crippen LogP) is 2.39.